The molecule has 0 unspecified atom stereocenters. The summed E-state index contributed by atoms with van der Waals surface area (Å²) < 4.78 is 23.1. The van der Waals surface area contributed by atoms with E-state index in [1.807, 2.05) is 19.9 Å². The summed E-state index contributed by atoms with van der Waals surface area (Å²) in [6, 6.07) is 4.88. The molecule has 1 aliphatic rings. The molecule has 24 heavy (non-hydrogen) atoms. The van der Waals surface area contributed by atoms with Crippen LogP contribution in [0.4, 0.5) is 5.69 Å². The lowest BCUT2D eigenvalue weighted by Crippen LogP contribution is -2.13. The van der Waals surface area contributed by atoms with Crippen molar-refractivity contribution in [3.05, 3.63) is 47.7 Å². The van der Waals surface area contributed by atoms with Crippen LogP contribution in [0.15, 0.2) is 47.0 Å². The molecule has 4 nitrogen and oxygen atoms in total. The van der Waals surface area contributed by atoms with Crippen molar-refractivity contribution in [1.29, 1.82) is 0 Å². The predicted molar refractivity (Wildman–Crippen MR) is 100 cm³/mol. The Morgan fingerprint density at radius 2 is 2.00 bits per heavy atom. The molecule has 0 atom stereocenters. The number of primary sulfonamides is 1. The summed E-state index contributed by atoms with van der Waals surface area (Å²) in [6.45, 7) is 8.15. The molecule has 2 rings (SSSR count). The molecule has 5 heteroatoms. The van der Waals surface area contributed by atoms with Crippen LogP contribution in [0, 0.1) is 12.8 Å². The van der Waals surface area contributed by atoms with Gasteiger partial charge in [-0.3, -0.25) is 0 Å². The van der Waals surface area contributed by atoms with Crippen molar-refractivity contribution >= 4 is 15.7 Å². The average molecular weight is 349 g/mol. The molecule has 1 aromatic rings. The van der Waals surface area contributed by atoms with Crippen LogP contribution in [0.1, 0.15) is 51.0 Å². The van der Waals surface area contributed by atoms with Gasteiger partial charge in [0.25, 0.3) is 0 Å². The lowest BCUT2D eigenvalue weighted by atomic mass is 9.84. The maximum atomic E-state index is 11.6. The first-order chi connectivity index (χ1) is 11.3. The third-order valence-corrected chi connectivity index (χ3v) is 5.65. The second-order valence-corrected chi connectivity index (χ2v) is 8.22. The zero-order chi connectivity index (χ0) is 17.7. The minimum Gasteiger partial charge on any atom is -0.355 e. The Morgan fingerprint density at radius 3 is 2.58 bits per heavy atom. The highest BCUT2D eigenvalue weighted by Gasteiger charge is 2.17. The van der Waals surface area contributed by atoms with Gasteiger partial charge < -0.3 is 5.32 Å². The maximum Gasteiger partial charge on any atom is 0.238 e. The van der Waals surface area contributed by atoms with Gasteiger partial charge in [-0.05, 0) is 49.5 Å². The molecule has 0 heterocycles. The van der Waals surface area contributed by atoms with Gasteiger partial charge in [-0.25, -0.2) is 13.6 Å². The lowest BCUT2D eigenvalue weighted by Gasteiger charge is -2.24. The molecule has 132 valence electrons. The Labute approximate surface area is 145 Å². The van der Waals surface area contributed by atoms with Gasteiger partial charge in [0.05, 0.1) is 4.90 Å². The molecule has 1 aliphatic carbocycles. The maximum absolute atomic E-state index is 11.6. The van der Waals surface area contributed by atoms with Crippen LogP contribution >= 0.6 is 0 Å². The number of nitrogens with one attached hydrogen (secondary N) is 1. The summed E-state index contributed by atoms with van der Waals surface area (Å²) in [5, 5.41) is 8.58. The largest absolute Gasteiger partial charge is 0.355 e. The van der Waals surface area contributed by atoms with Crippen molar-refractivity contribution in [3.63, 3.8) is 0 Å². The Hall–Kier alpha value is -1.59. The number of rotatable bonds is 6. The third kappa shape index (κ3) is 4.95. The summed E-state index contributed by atoms with van der Waals surface area (Å²) in [5.41, 5.74) is 3.74. The second-order valence-electron chi connectivity index (χ2n) is 6.66. The normalized spacial score (nSPS) is 16.9. The Morgan fingerprint density at radius 1 is 1.33 bits per heavy atom. The van der Waals surface area contributed by atoms with E-state index < -0.39 is 10.0 Å². The second kappa shape index (κ2) is 7.99. The summed E-state index contributed by atoms with van der Waals surface area (Å²) >= 11 is 0. The van der Waals surface area contributed by atoms with Crippen molar-refractivity contribution in [2.75, 3.05) is 5.32 Å². The van der Waals surface area contributed by atoms with E-state index in [-0.39, 0.29) is 4.90 Å². The minimum absolute atomic E-state index is 0.115. The Kier molecular flexibility index (Phi) is 6.24. The van der Waals surface area contributed by atoms with Crippen molar-refractivity contribution in [2.24, 2.45) is 11.1 Å². The van der Waals surface area contributed by atoms with Gasteiger partial charge >= 0.3 is 0 Å². The molecule has 1 fully saturated rings. The number of nitrogens with two attached hydrogens (primary N) is 1. The molecular weight excluding hydrogens is 320 g/mol. The van der Waals surface area contributed by atoms with E-state index in [2.05, 4.69) is 11.9 Å². The molecule has 1 aromatic carbocycles. The van der Waals surface area contributed by atoms with E-state index in [4.69, 9.17) is 5.14 Å². The van der Waals surface area contributed by atoms with Crippen molar-refractivity contribution in [2.45, 2.75) is 57.3 Å². The fourth-order valence-electron chi connectivity index (χ4n) is 3.27. The van der Waals surface area contributed by atoms with E-state index in [0.717, 1.165) is 28.9 Å². The van der Waals surface area contributed by atoms with Crippen LogP contribution < -0.4 is 10.5 Å². The first-order valence-electron chi connectivity index (χ1n) is 8.56. The van der Waals surface area contributed by atoms with Gasteiger partial charge in [0.15, 0.2) is 0 Å². The molecule has 1 saturated carbocycles. The van der Waals surface area contributed by atoms with Crippen molar-refractivity contribution in [1.82, 2.24) is 0 Å². The number of aryl methyl sites for hydroxylation is 1. The fraction of sp³-hybridized carbons (Fsp3) is 0.474. The predicted octanol–water partition coefficient (Wildman–Crippen LogP) is 4.48. The van der Waals surface area contributed by atoms with Crippen LogP contribution in [0.2, 0.25) is 0 Å². The van der Waals surface area contributed by atoms with Crippen molar-refractivity contribution in [3.8, 4) is 0 Å². The Bertz CT molecular complexity index is 730. The fourth-order valence-corrected chi connectivity index (χ4v) is 3.81. The van der Waals surface area contributed by atoms with E-state index >= 15 is 0 Å². The number of hydrogen-bond donors (Lipinski definition) is 2. The molecule has 0 saturated heterocycles. The summed E-state index contributed by atoms with van der Waals surface area (Å²) in [7, 11) is -3.71. The summed E-state index contributed by atoms with van der Waals surface area (Å²) in [4.78, 5) is 0.115. The van der Waals surface area contributed by atoms with Gasteiger partial charge in [-0.2, -0.15) is 0 Å². The van der Waals surface area contributed by atoms with Gasteiger partial charge in [-0.1, -0.05) is 50.8 Å². The molecule has 0 amide bonds. The van der Waals surface area contributed by atoms with E-state index in [0.29, 0.717) is 5.92 Å². The first kappa shape index (κ1) is 18.7. The third-order valence-electron chi connectivity index (χ3n) is 4.74. The van der Waals surface area contributed by atoms with Crippen LogP contribution in [0.3, 0.4) is 0 Å². The van der Waals surface area contributed by atoms with Crippen LogP contribution in [0.5, 0.6) is 0 Å². The topological polar surface area (TPSA) is 72.2 Å². The number of sulfonamides is 1. The summed E-state index contributed by atoms with van der Waals surface area (Å²) in [5.74, 6) is 0.708. The molecular formula is C19H28N2O2S. The molecule has 0 aliphatic heterocycles. The van der Waals surface area contributed by atoms with Crippen LogP contribution in [0.25, 0.3) is 0 Å². The molecule has 0 bridgehead atoms. The van der Waals surface area contributed by atoms with Crippen molar-refractivity contribution < 1.29 is 8.42 Å². The first-order valence-corrected chi connectivity index (χ1v) is 10.1. The number of anilines is 1. The summed E-state index contributed by atoms with van der Waals surface area (Å²) in [6.07, 6.45) is 9.50. The van der Waals surface area contributed by atoms with E-state index in [9.17, 15) is 8.42 Å². The molecule has 0 spiro atoms. The standard InChI is InChI=1S/C19H28N2O2S/c1-4-18(15(3)12-16-8-6-5-7-9-16)21-19-13-17(24(20,22)23)11-10-14(19)2/h4,10-11,13,16,21H,3,5-9,12H2,1-2H3,(H2,20,22,23)/b18-4+. The zero-order valence-corrected chi connectivity index (χ0v) is 15.5. The van der Waals surface area contributed by atoms with Crippen LogP contribution in [-0.4, -0.2) is 8.42 Å². The van der Waals surface area contributed by atoms with E-state index in [1.54, 1.807) is 12.1 Å². The average Bonchev–Trinajstić information content (AvgIpc) is 2.53. The van der Waals surface area contributed by atoms with Gasteiger partial charge in [0.1, 0.15) is 0 Å². The lowest BCUT2D eigenvalue weighted by molar-refractivity contribution is 0.357. The molecule has 0 aromatic heterocycles. The quantitative estimate of drug-likeness (QED) is 0.744. The molecule has 0 radical (unpaired) electrons. The highest BCUT2D eigenvalue weighted by molar-refractivity contribution is 7.89. The zero-order valence-electron chi connectivity index (χ0n) is 14.6. The highest BCUT2D eigenvalue weighted by atomic mass is 32.2. The highest BCUT2D eigenvalue weighted by Crippen LogP contribution is 2.31. The number of allylic oxidation sites excluding steroid dienone is 2. The SMILES string of the molecule is C=C(CC1CCCCC1)/C(=C\C)Nc1cc(S(N)(=O)=O)ccc1C. The van der Waals surface area contributed by atoms with Crippen LogP contribution in [-0.2, 0) is 10.0 Å². The number of benzene rings is 1. The van der Waals surface area contributed by atoms with Gasteiger partial charge in [0.2, 0.25) is 10.0 Å². The smallest absolute Gasteiger partial charge is 0.238 e. The van der Waals surface area contributed by atoms with Gasteiger partial charge in [0, 0.05) is 11.4 Å². The monoisotopic (exact) mass is 348 g/mol. The molecule has 3 N–H and O–H groups in total. The minimum atomic E-state index is -3.71. The number of hydrogen-bond acceptors (Lipinski definition) is 3. The van der Waals surface area contributed by atoms with Gasteiger partial charge in [-0.15, -0.1) is 0 Å². The Balaban J connectivity index is 2.13. The van der Waals surface area contributed by atoms with E-state index in [1.165, 1.54) is 38.2 Å².